The molecule has 0 aromatic rings. The monoisotopic (exact) mass is 963 g/mol. The second kappa shape index (κ2) is 57.4. The van der Waals surface area contributed by atoms with Crippen LogP contribution in [0.15, 0.2) is 72.9 Å². The van der Waals surface area contributed by atoms with Crippen molar-refractivity contribution in [2.45, 2.75) is 297 Å². The summed E-state index contributed by atoms with van der Waals surface area (Å²) in [6.45, 7) is 6.50. The van der Waals surface area contributed by atoms with Gasteiger partial charge in [0, 0.05) is 19.3 Å². The van der Waals surface area contributed by atoms with Crippen molar-refractivity contribution < 1.29 is 28.6 Å². The van der Waals surface area contributed by atoms with Gasteiger partial charge in [0.25, 0.3) is 0 Å². The fraction of sp³-hybridized carbons (Fsp3) is 0.762. The maximum absolute atomic E-state index is 12.9. The molecule has 0 aromatic carbocycles. The van der Waals surface area contributed by atoms with Gasteiger partial charge in [-0.2, -0.15) is 0 Å². The van der Waals surface area contributed by atoms with Gasteiger partial charge >= 0.3 is 17.9 Å². The predicted molar refractivity (Wildman–Crippen MR) is 298 cm³/mol. The number of carbonyl (C=O) groups excluding carboxylic acids is 3. The van der Waals surface area contributed by atoms with Crippen LogP contribution in [0.4, 0.5) is 0 Å². The van der Waals surface area contributed by atoms with E-state index in [1.54, 1.807) is 0 Å². The molecule has 0 fully saturated rings. The lowest BCUT2D eigenvalue weighted by Crippen LogP contribution is -2.30. The van der Waals surface area contributed by atoms with Gasteiger partial charge in [0.05, 0.1) is 0 Å². The molecule has 0 spiro atoms. The van der Waals surface area contributed by atoms with Crippen molar-refractivity contribution in [3.63, 3.8) is 0 Å². The maximum atomic E-state index is 12.9. The standard InChI is InChI=1S/C63H110O6/c1-4-7-10-13-16-19-22-25-27-29-30-31-32-34-35-38-41-44-47-50-53-56-62(65)68-59-60(58-67-61(64)55-52-49-46-43-40-37-24-21-18-15-12-9-6-3)69-63(66)57-54-51-48-45-42-39-36-33-28-26-23-20-17-14-11-8-5-2/h8,11,17,20-21,24-28,36,39,60H,4-7,9-10,12-16,18-19,22-23,29-35,37-38,40-59H2,1-3H3/b11-8-,20-17-,24-21-,27-25-,28-26-,39-36-/t60-/m0/s1. The second-order valence-electron chi connectivity index (χ2n) is 19.5. The zero-order chi connectivity index (χ0) is 50.0. The Morgan fingerprint density at radius 1 is 0.304 bits per heavy atom. The molecule has 1 atom stereocenters. The molecular weight excluding hydrogens is 853 g/mol. The van der Waals surface area contributed by atoms with E-state index < -0.39 is 6.10 Å². The van der Waals surface area contributed by atoms with E-state index in [4.69, 9.17) is 14.2 Å². The Labute approximate surface area is 427 Å². The van der Waals surface area contributed by atoms with Crippen LogP contribution in [0, 0.1) is 0 Å². The zero-order valence-corrected chi connectivity index (χ0v) is 45.6. The Balaban J connectivity index is 4.37. The molecule has 0 N–H and O–H groups in total. The Hall–Kier alpha value is -3.15. The van der Waals surface area contributed by atoms with Crippen LogP contribution in [0.1, 0.15) is 290 Å². The van der Waals surface area contributed by atoms with Crippen molar-refractivity contribution in [3.8, 4) is 0 Å². The molecule has 0 aliphatic heterocycles. The summed E-state index contributed by atoms with van der Waals surface area (Å²) in [5, 5.41) is 0. The molecular formula is C63H110O6. The number of unbranched alkanes of at least 4 members (excludes halogenated alkanes) is 30. The van der Waals surface area contributed by atoms with Crippen LogP contribution in [0.5, 0.6) is 0 Å². The number of esters is 3. The summed E-state index contributed by atoms with van der Waals surface area (Å²) in [7, 11) is 0. The molecule has 0 unspecified atom stereocenters. The van der Waals surface area contributed by atoms with Crippen LogP contribution in [-0.4, -0.2) is 37.2 Å². The van der Waals surface area contributed by atoms with Crippen LogP contribution >= 0.6 is 0 Å². The van der Waals surface area contributed by atoms with E-state index in [0.717, 1.165) is 103 Å². The molecule has 0 rings (SSSR count). The molecule has 0 saturated carbocycles. The van der Waals surface area contributed by atoms with Crippen molar-refractivity contribution in [1.29, 1.82) is 0 Å². The summed E-state index contributed by atoms with van der Waals surface area (Å²) < 4.78 is 16.9. The first kappa shape index (κ1) is 65.8. The third-order valence-electron chi connectivity index (χ3n) is 12.7. The molecule has 0 heterocycles. The van der Waals surface area contributed by atoms with Gasteiger partial charge < -0.3 is 14.2 Å². The highest BCUT2D eigenvalue weighted by Crippen LogP contribution is 2.15. The number of ether oxygens (including phenoxy) is 3. The van der Waals surface area contributed by atoms with E-state index in [0.29, 0.717) is 19.3 Å². The first-order valence-corrected chi connectivity index (χ1v) is 29.4. The Bertz CT molecular complexity index is 1290. The summed E-state index contributed by atoms with van der Waals surface area (Å²) in [6, 6.07) is 0. The molecule has 0 amide bonds. The minimum atomic E-state index is -0.792. The number of hydrogen-bond acceptors (Lipinski definition) is 6. The van der Waals surface area contributed by atoms with Gasteiger partial charge in [-0.1, -0.05) is 235 Å². The minimum absolute atomic E-state index is 0.0874. The van der Waals surface area contributed by atoms with Gasteiger partial charge in [-0.3, -0.25) is 14.4 Å². The van der Waals surface area contributed by atoms with Gasteiger partial charge in [0.15, 0.2) is 6.10 Å². The van der Waals surface area contributed by atoms with Crippen molar-refractivity contribution in [2.75, 3.05) is 13.2 Å². The topological polar surface area (TPSA) is 78.9 Å². The zero-order valence-electron chi connectivity index (χ0n) is 45.6. The third kappa shape index (κ3) is 55.6. The fourth-order valence-electron chi connectivity index (χ4n) is 8.25. The van der Waals surface area contributed by atoms with Crippen LogP contribution in [0.25, 0.3) is 0 Å². The Morgan fingerprint density at radius 3 is 0.913 bits per heavy atom. The van der Waals surface area contributed by atoms with Crippen molar-refractivity contribution in [1.82, 2.24) is 0 Å². The fourth-order valence-corrected chi connectivity index (χ4v) is 8.25. The van der Waals surface area contributed by atoms with Crippen molar-refractivity contribution in [3.05, 3.63) is 72.9 Å². The van der Waals surface area contributed by atoms with Crippen LogP contribution in [0.3, 0.4) is 0 Å². The average Bonchev–Trinajstić information content (AvgIpc) is 3.35. The molecule has 0 aliphatic carbocycles. The molecule has 0 radical (unpaired) electrons. The molecule has 398 valence electrons. The summed E-state index contributed by atoms with van der Waals surface area (Å²) in [4.78, 5) is 38.2. The molecule has 0 bridgehead atoms. The van der Waals surface area contributed by atoms with Gasteiger partial charge in [0.1, 0.15) is 13.2 Å². The lowest BCUT2D eigenvalue weighted by Gasteiger charge is -2.18. The molecule has 6 nitrogen and oxygen atoms in total. The minimum Gasteiger partial charge on any atom is -0.462 e. The summed E-state index contributed by atoms with van der Waals surface area (Å²) in [5.74, 6) is -0.913. The number of carbonyl (C=O) groups is 3. The summed E-state index contributed by atoms with van der Waals surface area (Å²) in [5.41, 5.74) is 0. The van der Waals surface area contributed by atoms with E-state index in [9.17, 15) is 14.4 Å². The SMILES string of the molecule is CC/C=C\C/C=C\C/C=C\C/C=C\CCCCCCC(=O)O[C@@H](COC(=O)CCCCCCC/C=C\CCCCCC)COC(=O)CCCCCCCCCCCCC/C=C\CCCCCCCC. The first-order chi connectivity index (χ1) is 34.0. The van der Waals surface area contributed by atoms with Crippen LogP contribution in [0.2, 0.25) is 0 Å². The average molecular weight is 964 g/mol. The van der Waals surface area contributed by atoms with Gasteiger partial charge in [-0.25, -0.2) is 0 Å². The van der Waals surface area contributed by atoms with Crippen LogP contribution < -0.4 is 0 Å². The Morgan fingerprint density at radius 2 is 0.565 bits per heavy atom. The smallest absolute Gasteiger partial charge is 0.306 e. The highest BCUT2D eigenvalue weighted by Gasteiger charge is 2.19. The molecule has 6 heteroatoms. The quantitative estimate of drug-likeness (QED) is 0.0262. The predicted octanol–water partition coefficient (Wildman–Crippen LogP) is 19.8. The van der Waals surface area contributed by atoms with Crippen molar-refractivity contribution in [2.24, 2.45) is 0 Å². The second-order valence-corrected chi connectivity index (χ2v) is 19.5. The third-order valence-corrected chi connectivity index (χ3v) is 12.7. The molecule has 0 aromatic heterocycles. The van der Waals surface area contributed by atoms with Crippen molar-refractivity contribution >= 4 is 17.9 Å². The van der Waals surface area contributed by atoms with E-state index in [2.05, 4.69) is 93.7 Å². The lowest BCUT2D eigenvalue weighted by molar-refractivity contribution is -0.167. The van der Waals surface area contributed by atoms with Gasteiger partial charge in [-0.05, 0) is 109 Å². The summed E-state index contributed by atoms with van der Waals surface area (Å²) >= 11 is 0. The molecule has 0 aliphatic rings. The van der Waals surface area contributed by atoms with E-state index in [1.807, 2.05) is 0 Å². The Kier molecular flexibility index (Phi) is 54.8. The first-order valence-electron chi connectivity index (χ1n) is 29.4. The molecule has 0 saturated heterocycles. The normalized spacial score (nSPS) is 12.6. The molecule has 69 heavy (non-hydrogen) atoms. The maximum Gasteiger partial charge on any atom is 0.306 e. The summed E-state index contributed by atoms with van der Waals surface area (Å²) in [6.07, 6.45) is 73.2. The van der Waals surface area contributed by atoms with Gasteiger partial charge in [-0.15, -0.1) is 0 Å². The highest BCUT2D eigenvalue weighted by molar-refractivity contribution is 5.71. The van der Waals surface area contributed by atoms with Gasteiger partial charge in [0.2, 0.25) is 0 Å². The van der Waals surface area contributed by atoms with Crippen LogP contribution in [-0.2, 0) is 28.6 Å². The highest BCUT2D eigenvalue weighted by atomic mass is 16.6. The lowest BCUT2D eigenvalue weighted by atomic mass is 10.0. The van der Waals surface area contributed by atoms with E-state index >= 15 is 0 Å². The largest absolute Gasteiger partial charge is 0.462 e. The number of allylic oxidation sites excluding steroid dienone is 12. The number of hydrogen-bond donors (Lipinski definition) is 0. The van der Waals surface area contributed by atoms with E-state index in [-0.39, 0.29) is 31.1 Å². The van der Waals surface area contributed by atoms with E-state index in [1.165, 1.54) is 148 Å². The number of rotatable bonds is 53.